The lowest BCUT2D eigenvalue weighted by atomic mass is 9.96. The van der Waals surface area contributed by atoms with Crippen molar-refractivity contribution >= 4 is 17.1 Å². The van der Waals surface area contributed by atoms with E-state index in [1.54, 1.807) is 6.92 Å². The summed E-state index contributed by atoms with van der Waals surface area (Å²) in [5, 5.41) is -0.998. The predicted octanol–water partition coefficient (Wildman–Crippen LogP) is 2.91. The van der Waals surface area contributed by atoms with E-state index < -0.39 is 22.6 Å². The second-order valence-corrected chi connectivity index (χ2v) is 5.07. The van der Waals surface area contributed by atoms with Gasteiger partial charge in [0.05, 0.1) is 4.88 Å². The van der Waals surface area contributed by atoms with Crippen LogP contribution in [0.3, 0.4) is 0 Å². The van der Waals surface area contributed by atoms with Crippen molar-refractivity contribution in [1.82, 2.24) is 4.98 Å². The number of halogens is 3. The lowest BCUT2D eigenvalue weighted by Crippen LogP contribution is -2.33. The number of alkyl halides is 3. The molecule has 1 aliphatic heterocycles. The van der Waals surface area contributed by atoms with Crippen molar-refractivity contribution in [3.63, 3.8) is 0 Å². The van der Waals surface area contributed by atoms with Crippen molar-refractivity contribution in [2.75, 3.05) is 6.61 Å². The van der Waals surface area contributed by atoms with E-state index in [4.69, 9.17) is 4.74 Å². The average molecular weight is 265 g/mol. The Bertz CT molecular complexity index is 435. The van der Waals surface area contributed by atoms with E-state index in [0.29, 0.717) is 24.4 Å². The molecule has 1 aliphatic rings. The molecule has 3 nitrogen and oxygen atoms in total. The van der Waals surface area contributed by atoms with Gasteiger partial charge in [-0.05, 0) is 19.8 Å². The molecule has 1 unspecified atom stereocenters. The molecule has 17 heavy (non-hydrogen) atoms. The Hall–Kier alpha value is -0.950. The number of ether oxygens (including phenoxy) is 1. The molecule has 0 amide bonds. The lowest BCUT2D eigenvalue weighted by molar-refractivity contribution is -0.137. The highest BCUT2D eigenvalue weighted by Gasteiger charge is 2.41. The number of rotatable bonds is 2. The molecule has 0 bridgehead atoms. The Morgan fingerprint density at radius 1 is 1.59 bits per heavy atom. The monoisotopic (exact) mass is 265 g/mol. The fourth-order valence-corrected chi connectivity index (χ4v) is 2.57. The SMILES string of the molecule is CC1(C(=O)c2cnc(C(F)(F)F)s2)CCCO1. The first-order valence-corrected chi connectivity index (χ1v) is 5.86. The van der Waals surface area contributed by atoms with Crippen LogP contribution in [-0.4, -0.2) is 23.0 Å². The number of Topliss-reactive ketones (excluding diaryl/α,β-unsaturated/α-hetero) is 1. The van der Waals surface area contributed by atoms with Crippen molar-refractivity contribution in [3.8, 4) is 0 Å². The van der Waals surface area contributed by atoms with Crippen LogP contribution >= 0.6 is 11.3 Å². The second-order valence-electron chi connectivity index (χ2n) is 4.04. The topological polar surface area (TPSA) is 39.2 Å². The number of ketones is 1. The van der Waals surface area contributed by atoms with Gasteiger partial charge in [-0.2, -0.15) is 13.2 Å². The van der Waals surface area contributed by atoms with Crippen LogP contribution in [0.4, 0.5) is 13.2 Å². The van der Waals surface area contributed by atoms with Gasteiger partial charge in [-0.25, -0.2) is 4.98 Å². The van der Waals surface area contributed by atoms with Gasteiger partial charge >= 0.3 is 6.18 Å². The summed E-state index contributed by atoms with van der Waals surface area (Å²) < 4.78 is 42.3. The zero-order valence-electron chi connectivity index (χ0n) is 9.00. The summed E-state index contributed by atoms with van der Waals surface area (Å²) in [5.41, 5.74) is -0.991. The molecule has 94 valence electrons. The first-order chi connectivity index (χ1) is 7.83. The second kappa shape index (κ2) is 4.06. The van der Waals surface area contributed by atoms with Crippen molar-refractivity contribution in [3.05, 3.63) is 16.1 Å². The number of hydrogen-bond acceptors (Lipinski definition) is 4. The fourth-order valence-electron chi connectivity index (χ4n) is 1.73. The van der Waals surface area contributed by atoms with Crippen LogP contribution in [-0.2, 0) is 10.9 Å². The van der Waals surface area contributed by atoms with Crippen LogP contribution < -0.4 is 0 Å². The molecule has 0 saturated carbocycles. The summed E-state index contributed by atoms with van der Waals surface area (Å²) in [6.07, 6.45) is -2.25. The van der Waals surface area contributed by atoms with Crippen LogP contribution in [0.15, 0.2) is 6.20 Å². The molecule has 1 atom stereocenters. The minimum atomic E-state index is -4.50. The third-order valence-electron chi connectivity index (χ3n) is 2.67. The minimum Gasteiger partial charge on any atom is -0.367 e. The third kappa shape index (κ3) is 2.35. The Balaban J connectivity index is 2.23. The molecule has 1 aromatic heterocycles. The normalized spacial score (nSPS) is 25.2. The predicted molar refractivity (Wildman–Crippen MR) is 55.0 cm³/mol. The quantitative estimate of drug-likeness (QED) is 0.772. The molecule has 0 radical (unpaired) electrons. The summed E-state index contributed by atoms with van der Waals surface area (Å²) in [5.74, 6) is -0.414. The smallest absolute Gasteiger partial charge is 0.367 e. The van der Waals surface area contributed by atoms with Crippen LogP contribution in [0.1, 0.15) is 34.4 Å². The first kappa shape index (κ1) is 12.5. The largest absolute Gasteiger partial charge is 0.443 e. The molecule has 7 heteroatoms. The van der Waals surface area contributed by atoms with E-state index in [2.05, 4.69) is 4.98 Å². The number of carbonyl (C=O) groups is 1. The molecular formula is C10H10F3NO2S. The first-order valence-electron chi connectivity index (χ1n) is 5.05. The summed E-state index contributed by atoms with van der Waals surface area (Å²) in [4.78, 5) is 15.2. The lowest BCUT2D eigenvalue weighted by Gasteiger charge is -2.19. The van der Waals surface area contributed by atoms with Crippen LogP contribution in [0.25, 0.3) is 0 Å². The Labute approximate surface area is 99.6 Å². The summed E-state index contributed by atoms with van der Waals surface area (Å²) in [6, 6.07) is 0. The van der Waals surface area contributed by atoms with E-state index in [1.165, 1.54) is 0 Å². The van der Waals surface area contributed by atoms with Crippen LogP contribution in [0.2, 0.25) is 0 Å². The maximum atomic E-state index is 12.3. The van der Waals surface area contributed by atoms with Gasteiger partial charge in [-0.1, -0.05) is 0 Å². The van der Waals surface area contributed by atoms with Crippen molar-refractivity contribution in [2.24, 2.45) is 0 Å². The zero-order chi connectivity index (χ0) is 12.7. The molecular weight excluding hydrogens is 255 g/mol. The molecule has 0 aromatic carbocycles. The number of aromatic nitrogens is 1. The van der Waals surface area contributed by atoms with Gasteiger partial charge in [0.15, 0.2) is 5.01 Å². The highest BCUT2D eigenvalue weighted by atomic mass is 32.1. The van der Waals surface area contributed by atoms with E-state index in [0.717, 1.165) is 12.6 Å². The maximum absolute atomic E-state index is 12.3. The molecule has 1 aromatic rings. The summed E-state index contributed by atoms with van der Waals surface area (Å²) >= 11 is 0.368. The van der Waals surface area contributed by atoms with Crippen molar-refractivity contribution in [2.45, 2.75) is 31.5 Å². The van der Waals surface area contributed by atoms with Crippen molar-refractivity contribution < 1.29 is 22.7 Å². The number of nitrogens with zero attached hydrogens (tertiary/aromatic N) is 1. The van der Waals surface area contributed by atoms with Gasteiger partial charge in [0, 0.05) is 12.8 Å². The highest BCUT2D eigenvalue weighted by molar-refractivity contribution is 7.13. The third-order valence-corrected chi connectivity index (χ3v) is 3.71. The Morgan fingerprint density at radius 3 is 2.76 bits per heavy atom. The van der Waals surface area contributed by atoms with Crippen LogP contribution in [0.5, 0.6) is 0 Å². The number of thiazole rings is 1. The summed E-state index contributed by atoms with van der Waals surface area (Å²) in [6.45, 7) is 2.07. The van der Waals surface area contributed by atoms with E-state index in [-0.39, 0.29) is 4.88 Å². The number of carbonyl (C=O) groups excluding carboxylic acids is 1. The fraction of sp³-hybridized carbons (Fsp3) is 0.600. The molecule has 0 aliphatic carbocycles. The van der Waals surface area contributed by atoms with Gasteiger partial charge in [0.1, 0.15) is 5.60 Å². The van der Waals surface area contributed by atoms with Gasteiger partial charge in [0.2, 0.25) is 5.78 Å². The standard InChI is InChI=1S/C10H10F3NO2S/c1-9(3-2-4-16-9)7(15)6-5-14-8(17-6)10(11,12)13/h5H,2-4H2,1H3. The van der Waals surface area contributed by atoms with Gasteiger partial charge in [-0.15, -0.1) is 11.3 Å². The Morgan fingerprint density at radius 2 is 2.29 bits per heavy atom. The molecule has 1 saturated heterocycles. The molecule has 2 rings (SSSR count). The molecule has 2 heterocycles. The molecule has 0 spiro atoms. The summed E-state index contributed by atoms with van der Waals surface area (Å²) in [7, 11) is 0. The number of hydrogen-bond donors (Lipinski definition) is 0. The minimum absolute atomic E-state index is 0.00160. The highest BCUT2D eigenvalue weighted by Crippen LogP contribution is 2.35. The maximum Gasteiger partial charge on any atom is 0.443 e. The zero-order valence-corrected chi connectivity index (χ0v) is 9.82. The van der Waals surface area contributed by atoms with Gasteiger partial charge in [-0.3, -0.25) is 4.79 Å². The molecule has 0 N–H and O–H groups in total. The van der Waals surface area contributed by atoms with Gasteiger partial charge < -0.3 is 4.74 Å². The van der Waals surface area contributed by atoms with E-state index >= 15 is 0 Å². The van der Waals surface area contributed by atoms with E-state index in [9.17, 15) is 18.0 Å². The van der Waals surface area contributed by atoms with Gasteiger partial charge in [0.25, 0.3) is 0 Å². The molecule has 1 fully saturated rings. The average Bonchev–Trinajstić information content (AvgIpc) is 2.84. The van der Waals surface area contributed by atoms with Crippen molar-refractivity contribution in [1.29, 1.82) is 0 Å². The van der Waals surface area contributed by atoms with Crippen LogP contribution in [0, 0.1) is 0 Å². The van der Waals surface area contributed by atoms with E-state index in [1.807, 2.05) is 0 Å². The Kier molecular flexibility index (Phi) is 2.99.